The van der Waals surface area contributed by atoms with Crippen LogP contribution >= 0.6 is 11.6 Å². The van der Waals surface area contributed by atoms with Crippen molar-refractivity contribution in [2.45, 2.75) is 19.8 Å². The van der Waals surface area contributed by atoms with Crippen LogP contribution in [0.4, 0.5) is 10.5 Å². The highest BCUT2D eigenvalue weighted by atomic mass is 35.5. The van der Waals surface area contributed by atoms with Gasteiger partial charge in [0.15, 0.2) is 6.23 Å². The van der Waals surface area contributed by atoms with Crippen molar-refractivity contribution >= 4 is 29.6 Å². The number of anilines is 1. The molecular formula is C17H16ClN3O3. The first-order valence-electron chi connectivity index (χ1n) is 7.39. The van der Waals surface area contributed by atoms with Crippen molar-refractivity contribution in [2.75, 3.05) is 5.01 Å². The van der Waals surface area contributed by atoms with E-state index in [0.29, 0.717) is 10.7 Å². The number of rotatable bonds is 5. The van der Waals surface area contributed by atoms with E-state index in [4.69, 9.17) is 21.2 Å². The lowest BCUT2D eigenvalue weighted by Crippen LogP contribution is -2.36. The van der Waals surface area contributed by atoms with E-state index in [0.717, 1.165) is 11.1 Å². The molecule has 1 heterocycles. The minimum atomic E-state index is -0.445. The second-order valence-electron chi connectivity index (χ2n) is 5.18. The van der Waals surface area contributed by atoms with Gasteiger partial charge in [-0.1, -0.05) is 47.1 Å². The SMILES string of the molecule is CC1NN(c2ccccc2CO/N=C/c2ccc(Cl)cc2)C(=O)O1. The first kappa shape index (κ1) is 16.3. The number of cyclic esters (lactones) is 1. The number of benzene rings is 2. The van der Waals surface area contributed by atoms with Crippen LogP contribution < -0.4 is 10.4 Å². The van der Waals surface area contributed by atoms with Gasteiger partial charge in [-0.05, 0) is 30.7 Å². The topological polar surface area (TPSA) is 63.2 Å². The molecule has 0 saturated carbocycles. The van der Waals surface area contributed by atoms with Gasteiger partial charge < -0.3 is 9.57 Å². The van der Waals surface area contributed by atoms with Gasteiger partial charge in [0.05, 0.1) is 11.9 Å². The van der Waals surface area contributed by atoms with Gasteiger partial charge in [-0.15, -0.1) is 0 Å². The zero-order chi connectivity index (χ0) is 16.9. The number of hydrazine groups is 1. The molecule has 1 N–H and O–H groups in total. The Labute approximate surface area is 144 Å². The molecule has 7 heteroatoms. The van der Waals surface area contributed by atoms with Crippen LogP contribution in [0.15, 0.2) is 53.7 Å². The summed E-state index contributed by atoms with van der Waals surface area (Å²) in [6.45, 7) is 1.98. The van der Waals surface area contributed by atoms with Crippen molar-refractivity contribution in [1.82, 2.24) is 5.43 Å². The molecule has 1 saturated heterocycles. The maximum absolute atomic E-state index is 11.8. The van der Waals surface area contributed by atoms with E-state index in [2.05, 4.69) is 10.6 Å². The van der Waals surface area contributed by atoms with Crippen molar-refractivity contribution in [2.24, 2.45) is 5.16 Å². The average molecular weight is 346 g/mol. The molecule has 0 bridgehead atoms. The fourth-order valence-corrected chi connectivity index (χ4v) is 2.36. The van der Waals surface area contributed by atoms with Gasteiger partial charge in [-0.2, -0.15) is 5.43 Å². The van der Waals surface area contributed by atoms with Crippen LogP contribution in [-0.2, 0) is 16.2 Å². The van der Waals surface area contributed by atoms with E-state index in [9.17, 15) is 4.79 Å². The van der Waals surface area contributed by atoms with Crippen molar-refractivity contribution in [3.8, 4) is 0 Å². The molecule has 2 aromatic rings. The number of carbonyl (C=O) groups is 1. The minimum absolute atomic E-state index is 0.222. The van der Waals surface area contributed by atoms with Crippen LogP contribution in [0.1, 0.15) is 18.1 Å². The molecule has 1 aliphatic rings. The highest BCUT2D eigenvalue weighted by Gasteiger charge is 2.30. The van der Waals surface area contributed by atoms with Gasteiger partial charge in [0.25, 0.3) is 0 Å². The largest absolute Gasteiger partial charge is 0.430 e. The summed E-state index contributed by atoms with van der Waals surface area (Å²) in [6, 6.07) is 14.6. The molecule has 3 rings (SSSR count). The summed E-state index contributed by atoms with van der Waals surface area (Å²) in [5, 5.41) is 5.98. The van der Waals surface area contributed by atoms with Gasteiger partial charge in [0, 0.05) is 10.6 Å². The molecule has 0 aromatic heterocycles. The second kappa shape index (κ2) is 7.33. The molecule has 0 aliphatic carbocycles. The van der Waals surface area contributed by atoms with Gasteiger partial charge in [0.2, 0.25) is 0 Å². The van der Waals surface area contributed by atoms with Crippen LogP contribution in [0.5, 0.6) is 0 Å². The summed E-state index contributed by atoms with van der Waals surface area (Å²) >= 11 is 5.83. The first-order valence-corrected chi connectivity index (χ1v) is 7.77. The summed E-state index contributed by atoms with van der Waals surface area (Å²) in [7, 11) is 0. The lowest BCUT2D eigenvalue weighted by Gasteiger charge is -2.16. The van der Waals surface area contributed by atoms with Gasteiger partial charge in [-0.25, -0.2) is 9.80 Å². The summed E-state index contributed by atoms with van der Waals surface area (Å²) < 4.78 is 5.07. The van der Waals surface area contributed by atoms with Crippen LogP contribution in [-0.4, -0.2) is 18.5 Å². The third kappa shape index (κ3) is 3.84. The molecule has 6 nitrogen and oxygen atoms in total. The molecular weight excluding hydrogens is 330 g/mol. The lowest BCUT2D eigenvalue weighted by atomic mass is 10.2. The Morgan fingerprint density at radius 1 is 1.29 bits per heavy atom. The van der Waals surface area contributed by atoms with Gasteiger partial charge in [-0.3, -0.25) is 0 Å². The number of halogens is 1. The van der Waals surface area contributed by atoms with E-state index in [1.54, 1.807) is 25.3 Å². The molecule has 0 spiro atoms. The number of carbonyl (C=O) groups excluding carboxylic acids is 1. The zero-order valence-electron chi connectivity index (χ0n) is 13.0. The number of ether oxygens (including phenoxy) is 1. The molecule has 124 valence electrons. The third-order valence-electron chi connectivity index (χ3n) is 3.37. The Morgan fingerprint density at radius 3 is 2.75 bits per heavy atom. The van der Waals surface area contributed by atoms with E-state index >= 15 is 0 Å². The standard InChI is InChI=1S/C17H16ClN3O3/c1-12-20-21(17(22)24-12)16-5-3-2-4-14(16)11-23-19-10-13-6-8-15(18)9-7-13/h2-10,12,20H,11H2,1H3/b19-10+. The van der Waals surface area contributed by atoms with E-state index in [1.807, 2.05) is 36.4 Å². The fourth-order valence-electron chi connectivity index (χ4n) is 2.24. The summed E-state index contributed by atoms with van der Waals surface area (Å²) in [6.07, 6.45) is 0.789. The predicted octanol–water partition coefficient (Wildman–Crippen LogP) is 3.70. The van der Waals surface area contributed by atoms with Crippen molar-refractivity contribution in [3.63, 3.8) is 0 Å². The van der Waals surface area contributed by atoms with Crippen LogP contribution in [0.25, 0.3) is 0 Å². The maximum atomic E-state index is 11.8. The van der Waals surface area contributed by atoms with Gasteiger partial charge in [0.1, 0.15) is 6.61 Å². The van der Waals surface area contributed by atoms with Crippen LogP contribution in [0, 0.1) is 0 Å². The number of oxime groups is 1. The highest BCUT2D eigenvalue weighted by Crippen LogP contribution is 2.23. The molecule has 1 atom stereocenters. The van der Waals surface area contributed by atoms with Gasteiger partial charge >= 0.3 is 6.09 Å². The molecule has 24 heavy (non-hydrogen) atoms. The summed E-state index contributed by atoms with van der Waals surface area (Å²) in [5.74, 6) is 0. The molecule has 2 aromatic carbocycles. The first-order chi connectivity index (χ1) is 11.6. The molecule has 0 radical (unpaired) electrons. The number of nitrogens with one attached hydrogen (secondary N) is 1. The fraction of sp³-hybridized carbons (Fsp3) is 0.176. The second-order valence-corrected chi connectivity index (χ2v) is 5.62. The summed E-state index contributed by atoms with van der Waals surface area (Å²) in [4.78, 5) is 17.2. The predicted molar refractivity (Wildman–Crippen MR) is 91.8 cm³/mol. The smallest absolute Gasteiger partial charge is 0.428 e. The monoisotopic (exact) mass is 345 g/mol. The lowest BCUT2D eigenvalue weighted by molar-refractivity contribution is 0.132. The average Bonchev–Trinajstić information content (AvgIpc) is 2.92. The Morgan fingerprint density at radius 2 is 2.04 bits per heavy atom. The Hall–Kier alpha value is -2.57. The van der Waals surface area contributed by atoms with E-state index in [-0.39, 0.29) is 12.8 Å². The van der Waals surface area contributed by atoms with Crippen molar-refractivity contribution in [1.29, 1.82) is 0 Å². The maximum Gasteiger partial charge on any atom is 0.430 e. The Kier molecular flexibility index (Phi) is 4.98. The summed E-state index contributed by atoms with van der Waals surface area (Å²) in [5.41, 5.74) is 5.30. The number of hydrogen-bond donors (Lipinski definition) is 1. The van der Waals surface area contributed by atoms with E-state index < -0.39 is 6.09 Å². The highest BCUT2D eigenvalue weighted by molar-refractivity contribution is 6.30. The number of amides is 1. The molecule has 1 amide bonds. The number of hydrogen-bond acceptors (Lipinski definition) is 5. The van der Waals surface area contributed by atoms with Crippen molar-refractivity contribution in [3.05, 3.63) is 64.7 Å². The quantitative estimate of drug-likeness (QED) is 0.663. The van der Waals surface area contributed by atoms with E-state index in [1.165, 1.54) is 5.01 Å². The minimum Gasteiger partial charge on any atom is -0.428 e. The normalized spacial score (nSPS) is 17.3. The third-order valence-corrected chi connectivity index (χ3v) is 3.62. The number of para-hydroxylation sites is 1. The Bertz CT molecular complexity index is 749. The Balaban J connectivity index is 1.65. The number of nitrogens with zero attached hydrogens (tertiary/aromatic N) is 2. The molecule has 1 fully saturated rings. The molecule has 1 unspecified atom stereocenters. The van der Waals surface area contributed by atoms with Crippen LogP contribution in [0.2, 0.25) is 5.02 Å². The van der Waals surface area contributed by atoms with Crippen molar-refractivity contribution < 1.29 is 14.4 Å². The zero-order valence-corrected chi connectivity index (χ0v) is 13.7. The van der Waals surface area contributed by atoms with Crippen LogP contribution in [0.3, 0.4) is 0 Å². The molecule has 1 aliphatic heterocycles.